The van der Waals surface area contributed by atoms with Gasteiger partial charge in [-0.1, -0.05) is 23.7 Å². The molecule has 0 aliphatic rings. The molecule has 3 aromatic rings. The van der Waals surface area contributed by atoms with Gasteiger partial charge >= 0.3 is 0 Å². The lowest BCUT2D eigenvalue weighted by molar-refractivity contribution is 0.540. The third-order valence-corrected chi connectivity index (χ3v) is 3.10. The van der Waals surface area contributed by atoms with Crippen molar-refractivity contribution in [2.45, 2.75) is 6.42 Å². The number of nitrogens with two attached hydrogens (primary N) is 1. The van der Waals surface area contributed by atoms with Gasteiger partial charge < -0.3 is 10.2 Å². The first-order chi connectivity index (χ1) is 9.11. The number of benzene rings is 2. The minimum atomic E-state index is -0.510. The van der Waals surface area contributed by atoms with E-state index in [1.165, 1.54) is 12.1 Å². The van der Waals surface area contributed by atoms with Gasteiger partial charge in [-0.05, 0) is 23.8 Å². The van der Waals surface area contributed by atoms with Crippen LogP contribution in [0.4, 0.5) is 10.1 Å². The number of nitrogen functional groups attached to an aromatic ring is 1. The van der Waals surface area contributed by atoms with Crippen LogP contribution in [0, 0.1) is 5.82 Å². The van der Waals surface area contributed by atoms with Gasteiger partial charge in [0, 0.05) is 18.2 Å². The summed E-state index contributed by atoms with van der Waals surface area (Å²) in [4.78, 5) is 4.28. The number of anilines is 1. The maximum Gasteiger partial charge on any atom is 0.199 e. The molecule has 1 heterocycles. The number of nitrogens with zero attached hydrogens (tertiary/aromatic N) is 1. The van der Waals surface area contributed by atoms with Crippen molar-refractivity contribution in [2.24, 2.45) is 0 Å². The van der Waals surface area contributed by atoms with Crippen molar-refractivity contribution in [3.8, 4) is 0 Å². The molecule has 1 aromatic heterocycles. The Morgan fingerprint density at radius 2 is 1.95 bits per heavy atom. The van der Waals surface area contributed by atoms with Crippen molar-refractivity contribution in [1.82, 2.24) is 4.98 Å². The maximum absolute atomic E-state index is 13.3. The molecule has 19 heavy (non-hydrogen) atoms. The van der Waals surface area contributed by atoms with Crippen LogP contribution in [0.5, 0.6) is 0 Å². The van der Waals surface area contributed by atoms with Crippen LogP contribution in [0.1, 0.15) is 11.5 Å². The summed E-state index contributed by atoms with van der Waals surface area (Å²) >= 11 is 5.70. The van der Waals surface area contributed by atoms with Gasteiger partial charge in [-0.15, -0.1) is 0 Å². The maximum atomic E-state index is 13.3. The van der Waals surface area contributed by atoms with E-state index in [2.05, 4.69) is 4.98 Å². The Morgan fingerprint density at radius 3 is 2.68 bits per heavy atom. The smallest absolute Gasteiger partial charge is 0.199 e. The van der Waals surface area contributed by atoms with Crippen LogP contribution in [0.25, 0.3) is 11.1 Å². The van der Waals surface area contributed by atoms with Gasteiger partial charge in [0.2, 0.25) is 0 Å². The Bertz CT molecular complexity index is 698. The van der Waals surface area contributed by atoms with Crippen molar-refractivity contribution in [3.63, 3.8) is 0 Å². The Labute approximate surface area is 113 Å². The van der Waals surface area contributed by atoms with Gasteiger partial charge in [-0.3, -0.25) is 0 Å². The Balaban J connectivity index is 1.95. The van der Waals surface area contributed by atoms with E-state index in [0.717, 1.165) is 5.56 Å². The minimum Gasteiger partial charge on any atom is -0.440 e. The van der Waals surface area contributed by atoms with E-state index < -0.39 is 5.82 Å². The molecular formula is C14H10ClFN2O. The number of fused-ring (bicyclic) bond motifs is 1. The Morgan fingerprint density at radius 1 is 1.21 bits per heavy atom. The van der Waals surface area contributed by atoms with Gasteiger partial charge in [0.05, 0.1) is 5.02 Å². The molecule has 0 fully saturated rings. The van der Waals surface area contributed by atoms with Gasteiger partial charge in [0.1, 0.15) is 11.3 Å². The predicted molar refractivity (Wildman–Crippen MR) is 72.6 cm³/mol. The molecule has 0 saturated carbocycles. The number of hydrogen-bond acceptors (Lipinski definition) is 3. The molecule has 0 unspecified atom stereocenters. The lowest BCUT2D eigenvalue weighted by atomic mass is 10.1. The zero-order valence-electron chi connectivity index (χ0n) is 9.86. The lowest BCUT2D eigenvalue weighted by Crippen LogP contribution is -1.89. The molecule has 5 heteroatoms. The van der Waals surface area contributed by atoms with Crippen LogP contribution in [0.3, 0.4) is 0 Å². The van der Waals surface area contributed by atoms with Crippen LogP contribution in [-0.2, 0) is 6.42 Å². The van der Waals surface area contributed by atoms with Crippen molar-refractivity contribution in [2.75, 3.05) is 5.73 Å². The normalized spacial score (nSPS) is 11.1. The highest BCUT2D eigenvalue weighted by atomic mass is 35.5. The van der Waals surface area contributed by atoms with E-state index in [4.69, 9.17) is 21.8 Å². The van der Waals surface area contributed by atoms with Gasteiger partial charge in [-0.2, -0.15) is 0 Å². The quantitative estimate of drug-likeness (QED) is 0.725. The van der Waals surface area contributed by atoms with E-state index in [0.29, 0.717) is 29.1 Å². The topological polar surface area (TPSA) is 52.0 Å². The zero-order valence-corrected chi connectivity index (χ0v) is 10.6. The molecule has 3 rings (SSSR count). The fourth-order valence-electron chi connectivity index (χ4n) is 1.86. The first-order valence-electron chi connectivity index (χ1n) is 5.71. The second-order valence-electron chi connectivity index (χ2n) is 4.26. The molecule has 0 atom stereocenters. The molecular weight excluding hydrogens is 267 g/mol. The van der Waals surface area contributed by atoms with E-state index >= 15 is 0 Å². The summed E-state index contributed by atoms with van der Waals surface area (Å²) in [7, 11) is 0. The first-order valence-corrected chi connectivity index (χ1v) is 6.08. The van der Waals surface area contributed by atoms with Gasteiger partial charge in [0.25, 0.3) is 0 Å². The highest BCUT2D eigenvalue weighted by molar-refractivity contribution is 6.31. The lowest BCUT2D eigenvalue weighted by Gasteiger charge is -1.97. The molecule has 0 bridgehead atoms. The molecule has 0 radical (unpaired) electrons. The molecule has 0 spiro atoms. The third kappa shape index (κ3) is 2.39. The summed E-state index contributed by atoms with van der Waals surface area (Å²) in [6.45, 7) is 0. The van der Waals surface area contributed by atoms with Crippen LogP contribution < -0.4 is 5.73 Å². The minimum absolute atomic E-state index is 0.0415. The molecule has 0 aliphatic heterocycles. The van der Waals surface area contributed by atoms with Crippen LogP contribution in [-0.4, -0.2) is 4.98 Å². The van der Waals surface area contributed by atoms with E-state index in [1.54, 1.807) is 0 Å². The predicted octanol–water partition coefficient (Wildman–Crippen LogP) is 3.79. The van der Waals surface area contributed by atoms with Crippen LogP contribution in [0.15, 0.2) is 40.8 Å². The number of hydrogen-bond donors (Lipinski definition) is 1. The second-order valence-corrected chi connectivity index (χ2v) is 4.67. The SMILES string of the molecule is Nc1ccc(Cc2nc3cc(Cl)c(F)cc3o2)cc1. The second kappa shape index (κ2) is 4.55. The summed E-state index contributed by atoms with van der Waals surface area (Å²) < 4.78 is 18.8. The van der Waals surface area contributed by atoms with Gasteiger partial charge in [-0.25, -0.2) is 9.37 Å². The van der Waals surface area contributed by atoms with Crippen LogP contribution in [0.2, 0.25) is 5.02 Å². The number of oxazole rings is 1. The number of aromatic nitrogens is 1. The summed E-state index contributed by atoms with van der Waals surface area (Å²) in [5, 5.41) is 0.0415. The zero-order chi connectivity index (χ0) is 13.4. The van der Waals surface area contributed by atoms with Crippen LogP contribution >= 0.6 is 11.6 Å². The summed E-state index contributed by atoms with van der Waals surface area (Å²) in [5.74, 6) is 0.00536. The number of halogens is 2. The van der Waals surface area contributed by atoms with Gasteiger partial charge in [0.15, 0.2) is 11.5 Å². The van der Waals surface area contributed by atoms with E-state index in [-0.39, 0.29) is 5.02 Å². The average Bonchev–Trinajstić information content (AvgIpc) is 2.74. The average molecular weight is 277 g/mol. The molecule has 2 aromatic carbocycles. The molecule has 96 valence electrons. The van der Waals surface area contributed by atoms with Crippen molar-refractivity contribution < 1.29 is 8.81 Å². The highest BCUT2D eigenvalue weighted by Gasteiger charge is 2.10. The Kier molecular flexibility index (Phi) is 2.87. The standard InChI is InChI=1S/C14H10ClFN2O/c15-10-6-12-13(7-11(10)16)19-14(18-12)5-8-1-3-9(17)4-2-8/h1-4,6-7H,5,17H2. The molecule has 0 amide bonds. The summed E-state index contributed by atoms with van der Waals surface area (Å²) in [5.41, 5.74) is 8.29. The largest absolute Gasteiger partial charge is 0.440 e. The molecule has 3 nitrogen and oxygen atoms in total. The molecule has 0 saturated heterocycles. The van der Waals surface area contributed by atoms with Crippen molar-refractivity contribution in [3.05, 3.63) is 58.7 Å². The van der Waals surface area contributed by atoms with Crippen molar-refractivity contribution >= 4 is 28.4 Å². The van der Waals surface area contributed by atoms with E-state index in [9.17, 15) is 4.39 Å². The van der Waals surface area contributed by atoms with E-state index in [1.807, 2.05) is 24.3 Å². The Hall–Kier alpha value is -2.07. The fourth-order valence-corrected chi connectivity index (χ4v) is 2.01. The van der Waals surface area contributed by atoms with Crippen molar-refractivity contribution in [1.29, 1.82) is 0 Å². The fraction of sp³-hybridized carbons (Fsp3) is 0.0714. The third-order valence-electron chi connectivity index (χ3n) is 2.81. The highest BCUT2D eigenvalue weighted by Crippen LogP contribution is 2.24. The molecule has 0 aliphatic carbocycles. The first kappa shape index (κ1) is 12.0. The summed E-state index contributed by atoms with van der Waals surface area (Å²) in [6.07, 6.45) is 0.522. The summed E-state index contributed by atoms with van der Waals surface area (Å²) in [6, 6.07) is 10.1. The molecule has 2 N–H and O–H groups in total. The monoisotopic (exact) mass is 276 g/mol. The number of rotatable bonds is 2.